The fraction of sp³-hybridized carbons (Fsp3) is 0.538. The van der Waals surface area contributed by atoms with Crippen LogP contribution in [0.25, 0.3) is 0 Å². The quantitative estimate of drug-likeness (QED) is 0.779. The first-order chi connectivity index (χ1) is 8.03. The lowest BCUT2D eigenvalue weighted by molar-refractivity contribution is -0.121. The minimum absolute atomic E-state index is 0.0170. The van der Waals surface area contributed by atoms with Gasteiger partial charge in [-0.1, -0.05) is 13.8 Å². The molecular formula is C13H20N2O2. The van der Waals surface area contributed by atoms with Crippen LogP contribution in [0.3, 0.4) is 0 Å². The molecule has 4 nitrogen and oxygen atoms in total. The summed E-state index contributed by atoms with van der Waals surface area (Å²) in [5, 5.41) is 11.9. The summed E-state index contributed by atoms with van der Waals surface area (Å²) in [7, 11) is 0. The molecule has 1 rings (SSSR count). The topological polar surface area (TPSA) is 62.2 Å². The van der Waals surface area contributed by atoms with Crippen LogP contribution in [0.5, 0.6) is 0 Å². The molecular weight excluding hydrogens is 216 g/mol. The second kappa shape index (κ2) is 6.35. The average Bonchev–Trinajstić information content (AvgIpc) is 2.35. The summed E-state index contributed by atoms with van der Waals surface area (Å²) in [5.41, 5.74) is 0.850. The standard InChI is InChI=1S/C13H20N2O2/c1-13(2,10-16)9-15-12(17)4-3-11-5-7-14-8-6-11/h5-8,16H,3-4,9-10H2,1-2H3,(H,15,17). The molecule has 0 atom stereocenters. The Hall–Kier alpha value is -1.42. The van der Waals surface area contributed by atoms with Gasteiger partial charge in [-0.25, -0.2) is 0 Å². The predicted octanol–water partition coefficient (Wildman–Crippen LogP) is 1.15. The zero-order valence-electron chi connectivity index (χ0n) is 10.4. The molecule has 0 aliphatic carbocycles. The van der Waals surface area contributed by atoms with Gasteiger partial charge in [-0.2, -0.15) is 0 Å². The summed E-state index contributed by atoms with van der Waals surface area (Å²) in [6.45, 7) is 4.39. The molecule has 1 amide bonds. The van der Waals surface area contributed by atoms with E-state index >= 15 is 0 Å². The van der Waals surface area contributed by atoms with E-state index in [9.17, 15) is 4.79 Å². The van der Waals surface area contributed by atoms with Crippen LogP contribution in [0.2, 0.25) is 0 Å². The van der Waals surface area contributed by atoms with Crippen LogP contribution < -0.4 is 5.32 Å². The molecule has 0 aromatic carbocycles. The number of carbonyl (C=O) groups is 1. The number of aliphatic hydroxyl groups excluding tert-OH is 1. The molecule has 0 fully saturated rings. The minimum Gasteiger partial charge on any atom is -0.396 e. The first-order valence-electron chi connectivity index (χ1n) is 5.80. The van der Waals surface area contributed by atoms with Crippen LogP contribution in [-0.2, 0) is 11.2 Å². The largest absolute Gasteiger partial charge is 0.396 e. The number of nitrogens with one attached hydrogen (secondary N) is 1. The van der Waals surface area contributed by atoms with Crippen LogP contribution >= 0.6 is 0 Å². The lowest BCUT2D eigenvalue weighted by Gasteiger charge is -2.21. The maximum absolute atomic E-state index is 11.6. The number of pyridine rings is 1. The van der Waals surface area contributed by atoms with Crippen LogP contribution in [0.4, 0.5) is 0 Å². The van der Waals surface area contributed by atoms with Gasteiger partial charge in [-0.15, -0.1) is 0 Å². The monoisotopic (exact) mass is 236 g/mol. The molecule has 0 spiro atoms. The van der Waals surface area contributed by atoms with E-state index in [2.05, 4.69) is 10.3 Å². The Morgan fingerprint density at radius 3 is 2.65 bits per heavy atom. The molecule has 1 aromatic heterocycles. The van der Waals surface area contributed by atoms with E-state index in [4.69, 9.17) is 5.11 Å². The summed E-state index contributed by atoms with van der Waals surface area (Å²) in [5.74, 6) is 0.0170. The molecule has 4 heteroatoms. The van der Waals surface area contributed by atoms with E-state index in [0.29, 0.717) is 19.4 Å². The van der Waals surface area contributed by atoms with Crippen molar-refractivity contribution in [3.05, 3.63) is 30.1 Å². The van der Waals surface area contributed by atoms with Crippen molar-refractivity contribution in [2.24, 2.45) is 5.41 Å². The normalized spacial score (nSPS) is 11.2. The molecule has 17 heavy (non-hydrogen) atoms. The Labute approximate surface area is 102 Å². The van der Waals surface area contributed by atoms with Crippen molar-refractivity contribution in [2.75, 3.05) is 13.2 Å². The molecule has 0 unspecified atom stereocenters. The van der Waals surface area contributed by atoms with Gasteiger partial charge >= 0.3 is 0 Å². The van der Waals surface area contributed by atoms with Gasteiger partial charge in [0.25, 0.3) is 0 Å². The Morgan fingerprint density at radius 1 is 1.41 bits per heavy atom. The highest BCUT2D eigenvalue weighted by Gasteiger charge is 2.17. The van der Waals surface area contributed by atoms with Crippen LogP contribution in [-0.4, -0.2) is 29.1 Å². The predicted molar refractivity (Wildman–Crippen MR) is 66.4 cm³/mol. The third kappa shape index (κ3) is 5.45. The second-order valence-corrected chi connectivity index (χ2v) is 4.95. The fourth-order valence-corrected chi connectivity index (χ4v) is 1.29. The number of nitrogens with zero attached hydrogens (tertiary/aromatic N) is 1. The van der Waals surface area contributed by atoms with Crippen molar-refractivity contribution < 1.29 is 9.90 Å². The zero-order valence-corrected chi connectivity index (χ0v) is 10.4. The smallest absolute Gasteiger partial charge is 0.220 e. The number of aliphatic hydroxyl groups is 1. The van der Waals surface area contributed by atoms with Crippen molar-refractivity contribution in [3.8, 4) is 0 Å². The summed E-state index contributed by atoms with van der Waals surface area (Å²) < 4.78 is 0. The van der Waals surface area contributed by atoms with Crippen molar-refractivity contribution in [1.29, 1.82) is 0 Å². The second-order valence-electron chi connectivity index (χ2n) is 4.95. The number of rotatable bonds is 6. The van der Waals surface area contributed by atoms with Gasteiger partial charge in [-0.05, 0) is 24.1 Å². The molecule has 0 bridgehead atoms. The maximum atomic E-state index is 11.6. The van der Waals surface area contributed by atoms with Crippen LogP contribution in [0, 0.1) is 5.41 Å². The highest BCUT2D eigenvalue weighted by molar-refractivity contribution is 5.76. The summed E-state index contributed by atoms with van der Waals surface area (Å²) >= 11 is 0. The third-order valence-electron chi connectivity index (χ3n) is 2.58. The molecule has 0 radical (unpaired) electrons. The highest BCUT2D eigenvalue weighted by Crippen LogP contribution is 2.11. The van der Waals surface area contributed by atoms with Crippen LogP contribution in [0.15, 0.2) is 24.5 Å². The SMILES string of the molecule is CC(C)(CO)CNC(=O)CCc1ccncc1. The first kappa shape index (κ1) is 13.6. The first-order valence-corrected chi connectivity index (χ1v) is 5.80. The Balaban J connectivity index is 2.27. The molecule has 1 aromatic rings. The lowest BCUT2D eigenvalue weighted by atomic mass is 9.95. The van der Waals surface area contributed by atoms with E-state index in [-0.39, 0.29) is 17.9 Å². The molecule has 1 heterocycles. The van der Waals surface area contributed by atoms with Gasteiger partial charge in [0.1, 0.15) is 0 Å². The molecule has 2 N–H and O–H groups in total. The third-order valence-corrected chi connectivity index (χ3v) is 2.58. The molecule has 94 valence electrons. The van der Waals surface area contributed by atoms with E-state index in [1.165, 1.54) is 0 Å². The number of hydrogen-bond acceptors (Lipinski definition) is 3. The maximum Gasteiger partial charge on any atom is 0.220 e. The summed E-state index contributed by atoms with van der Waals surface area (Å²) in [4.78, 5) is 15.5. The van der Waals surface area contributed by atoms with Gasteiger partial charge in [0.2, 0.25) is 5.91 Å². The van der Waals surface area contributed by atoms with Crippen LogP contribution in [0.1, 0.15) is 25.8 Å². The number of aryl methyl sites for hydroxylation is 1. The zero-order chi connectivity index (χ0) is 12.7. The Kier molecular flexibility index (Phi) is 5.10. The van der Waals surface area contributed by atoms with Gasteiger partial charge in [0.15, 0.2) is 0 Å². The number of hydrogen-bond donors (Lipinski definition) is 2. The van der Waals surface area contributed by atoms with Gasteiger partial charge < -0.3 is 10.4 Å². The fourth-order valence-electron chi connectivity index (χ4n) is 1.29. The van der Waals surface area contributed by atoms with Crippen molar-refractivity contribution in [2.45, 2.75) is 26.7 Å². The summed E-state index contributed by atoms with van der Waals surface area (Å²) in [6.07, 6.45) is 4.63. The lowest BCUT2D eigenvalue weighted by Crippen LogP contribution is -2.36. The van der Waals surface area contributed by atoms with Crippen molar-refractivity contribution in [3.63, 3.8) is 0 Å². The molecule has 0 aliphatic rings. The van der Waals surface area contributed by atoms with Gasteiger partial charge in [0, 0.05) is 37.4 Å². The van der Waals surface area contributed by atoms with Gasteiger partial charge in [0.05, 0.1) is 0 Å². The van der Waals surface area contributed by atoms with E-state index in [1.807, 2.05) is 26.0 Å². The van der Waals surface area contributed by atoms with Gasteiger partial charge in [-0.3, -0.25) is 9.78 Å². The molecule has 0 aliphatic heterocycles. The van der Waals surface area contributed by atoms with E-state index in [0.717, 1.165) is 5.56 Å². The van der Waals surface area contributed by atoms with E-state index in [1.54, 1.807) is 12.4 Å². The molecule has 0 saturated carbocycles. The highest BCUT2D eigenvalue weighted by atomic mass is 16.3. The van der Waals surface area contributed by atoms with Crippen molar-refractivity contribution in [1.82, 2.24) is 10.3 Å². The number of aromatic nitrogens is 1. The Bertz CT molecular complexity index is 350. The van der Waals surface area contributed by atoms with E-state index < -0.39 is 0 Å². The number of carbonyl (C=O) groups excluding carboxylic acids is 1. The Morgan fingerprint density at radius 2 is 2.06 bits per heavy atom. The number of amides is 1. The average molecular weight is 236 g/mol. The minimum atomic E-state index is -0.258. The summed E-state index contributed by atoms with van der Waals surface area (Å²) in [6, 6.07) is 3.82. The molecule has 0 saturated heterocycles. The van der Waals surface area contributed by atoms with Crippen molar-refractivity contribution >= 4 is 5.91 Å².